The smallest absolute Gasteiger partial charge is 0.410 e. The van der Waals surface area contributed by atoms with Gasteiger partial charge in [-0.2, -0.15) is 0 Å². The zero-order valence-electron chi connectivity index (χ0n) is 15.9. The van der Waals surface area contributed by atoms with Crippen molar-refractivity contribution in [3.63, 3.8) is 0 Å². The van der Waals surface area contributed by atoms with Crippen molar-refractivity contribution < 1.29 is 23.5 Å². The van der Waals surface area contributed by atoms with Gasteiger partial charge in [-0.3, -0.25) is 4.79 Å². The van der Waals surface area contributed by atoms with Crippen molar-refractivity contribution in [3.05, 3.63) is 42.2 Å². The Morgan fingerprint density at radius 2 is 2.07 bits per heavy atom. The summed E-state index contributed by atoms with van der Waals surface area (Å²) >= 11 is 0. The number of carbonyl (C=O) groups excluding carboxylic acids is 2. The van der Waals surface area contributed by atoms with Gasteiger partial charge >= 0.3 is 6.09 Å². The number of rotatable bonds is 4. The Balaban J connectivity index is 1.65. The van der Waals surface area contributed by atoms with Crippen molar-refractivity contribution in [1.82, 2.24) is 4.90 Å². The SMILES string of the molecule is CC(C)(C)OC(=O)N1CCCC(Oc2cccc(-c3ccc(C=O)o3)c2)C1. The number of benzene rings is 1. The van der Waals surface area contributed by atoms with Gasteiger partial charge in [-0.15, -0.1) is 0 Å². The molecular formula is C21H25NO5. The molecule has 0 radical (unpaired) electrons. The average Bonchev–Trinajstić information content (AvgIpc) is 3.10. The highest BCUT2D eigenvalue weighted by molar-refractivity contribution is 5.73. The molecule has 0 N–H and O–H groups in total. The fraction of sp³-hybridized carbons (Fsp3) is 0.429. The first kappa shape index (κ1) is 19.0. The molecule has 144 valence electrons. The quantitative estimate of drug-likeness (QED) is 0.738. The molecule has 1 aliphatic heterocycles. The number of furan rings is 1. The van der Waals surface area contributed by atoms with E-state index >= 15 is 0 Å². The average molecular weight is 371 g/mol. The summed E-state index contributed by atoms with van der Waals surface area (Å²) in [5.74, 6) is 1.60. The van der Waals surface area contributed by atoms with Crippen molar-refractivity contribution in [3.8, 4) is 17.1 Å². The fourth-order valence-electron chi connectivity index (χ4n) is 3.01. The van der Waals surface area contributed by atoms with Gasteiger partial charge in [0, 0.05) is 12.1 Å². The second kappa shape index (κ2) is 7.86. The molecule has 2 aromatic rings. The van der Waals surface area contributed by atoms with Crippen LogP contribution in [-0.2, 0) is 4.74 Å². The minimum Gasteiger partial charge on any atom is -0.489 e. The molecule has 1 aromatic carbocycles. The number of hydrogen-bond acceptors (Lipinski definition) is 5. The third-order valence-corrected chi connectivity index (χ3v) is 4.19. The summed E-state index contributed by atoms with van der Waals surface area (Å²) in [4.78, 5) is 24.8. The Hall–Kier alpha value is -2.76. The van der Waals surface area contributed by atoms with Gasteiger partial charge in [0.1, 0.15) is 23.2 Å². The number of ether oxygens (including phenoxy) is 2. The third kappa shape index (κ3) is 5.12. The molecule has 1 aromatic heterocycles. The molecule has 1 saturated heterocycles. The molecule has 27 heavy (non-hydrogen) atoms. The molecule has 6 nitrogen and oxygen atoms in total. The van der Waals surface area contributed by atoms with Crippen LogP contribution in [0.4, 0.5) is 4.79 Å². The Kier molecular flexibility index (Phi) is 5.54. The van der Waals surface area contributed by atoms with Crippen molar-refractivity contribution in [2.45, 2.75) is 45.3 Å². The van der Waals surface area contributed by atoms with Crippen LogP contribution in [0, 0.1) is 0 Å². The van der Waals surface area contributed by atoms with E-state index in [2.05, 4.69) is 0 Å². The standard InChI is InChI=1S/C21H25NO5/c1-21(2,3)27-20(24)22-11-5-8-17(13-22)25-16-7-4-6-15(12-16)19-10-9-18(14-23)26-19/h4,6-7,9-10,12,14,17H,5,8,11,13H2,1-3H3. The Labute approximate surface area is 159 Å². The van der Waals surface area contributed by atoms with Gasteiger partial charge in [0.05, 0.1) is 6.54 Å². The topological polar surface area (TPSA) is 69.0 Å². The molecule has 6 heteroatoms. The van der Waals surface area contributed by atoms with Crippen LogP contribution in [0.15, 0.2) is 40.8 Å². The van der Waals surface area contributed by atoms with Crippen LogP contribution < -0.4 is 4.74 Å². The largest absolute Gasteiger partial charge is 0.489 e. The zero-order chi connectivity index (χ0) is 19.4. The van der Waals surface area contributed by atoms with Crippen LogP contribution >= 0.6 is 0 Å². The number of nitrogens with zero attached hydrogens (tertiary/aromatic N) is 1. The first-order chi connectivity index (χ1) is 12.8. The van der Waals surface area contributed by atoms with Gasteiger partial charge in [0.15, 0.2) is 12.0 Å². The van der Waals surface area contributed by atoms with E-state index in [1.54, 1.807) is 17.0 Å². The summed E-state index contributed by atoms with van der Waals surface area (Å²) in [5.41, 5.74) is 0.322. The van der Waals surface area contributed by atoms with E-state index in [1.807, 2.05) is 45.0 Å². The van der Waals surface area contributed by atoms with Gasteiger partial charge in [0.25, 0.3) is 0 Å². The summed E-state index contributed by atoms with van der Waals surface area (Å²) < 4.78 is 17.0. The molecular weight excluding hydrogens is 346 g/mol. The molecule has 1 unspecified atom stereocenters. The van der Waals surface area contributed by atoms with E-state index in [1.165, 1.54) is 0 Å². The molecule has 0 spiro atoms. The van der Waals surface area contributed by atoms with Crippen molar-refractivity contribution in [1.29, 1.82) is 0 Å². The number of amides is 1. The summed E-state index contributed by atoms with van der Waals surface area (Å²) in [5, 5.41) is 0. The second-order valence-corrected chi connectivity index (χ2v) is 7.66. The van der Waals surface area contributed by atoms with E-state index < -0.39 is 5.60 Å². The molecule has 2 heterocycles. The predicted octanol–water partition coefficient (Wildman–Crippen LogP) is 4.54. The predicted molar refractivity (Wildman–Crippen MR) is 101 cm³/mol. The molecule has 0 aliphatic carbocycles. The van der Waals surface area contributed by atoms with Crippen LogP contribution in [-0.4, -0.2) is 42.1 Å². The first-order valence-electron chi connectivity index (χ1n) is 9.14. The number of aldehydes is 1. The number of carbonyl (C=O) groups is 2. The maximum atomic E-state index is 12.3. The van der Waals surface area contributed by atoms with E-state index in [-0.39, 0.29) is 18.0 Å². The lowest BCUT2D eigenvalue weighted by Gasteiger charge is -2.34. The van der Waals surface area contributed by atoms with Crippen molar-refractivity contribution >= 4 is 12.4 Å². The third-order valence-electron chi connectivity index (χ3n) is 4.19. The van der Waals surface area contributed by atoms with E-state index in [4.69, 9.17) is 13.9 Å². The Bertz CT molecular complexity index is 805. The summed E-state index contributed by atoms with van der Waals surface area (Å²) in [6.07, 6.45) is 2.02. The monoisotopic (exact) mass is 371 g/mol. The van der Waals surface area contributed by atoms with Gasteiger partial charge in [-0.1, -0.05) is 12.1 Å². The Morgan fingerprint density at radius 3 is 2.78 bits per heavy atom. The van der Waals surface area contributed by atoms with Crippen LogP contribution in [0.25, 0.3) is 11.3 Å². The van der Waals surface area contributed by atoms with Crippen molar-refractivity contribution in [2.24, 2.45) is 0 Å². The van der Waals surface area contributed by atoms with Crippen molar-refractivity contribution in [2.75, 3.05) is 13.1 Å². The maximum absolute atomic E-state index is 12.3. The zero-order valence-corrected chi connectivity index (χ0v) is 15.9. The molecule has 1 amide bonds. The Morgan fingerprint density at radius 1 is 1.26 bits per heavy atom. The lowest BCUT2D eigenvalue weighted by molar-refractivity contribution is 0.00776. The fourth-order valence-corrected chi connectivity index (χ4v) is 3.01. The summed E-state index contributed by atoms with van der Waals surface area (Å²) in [7, 11) is 0. The lowest BCUT2D eigenvalue weighted by atomic mass is 10.1. The number of piperidine rings is 1. The molecule has 1 fully saturated rings. The van der Waals surface area contributed by atoms with Crippen LogP contribution in [0.3, 0.4) is 0 Å². The van der Waals surface area contributed by atoms with E-state index in [0.717, 1.165) is 18.4 Å². The van der Waals surface area contributed by atoms with Gasteiger partial charge < -0.3 is 18.8 Å². The first-order valence-corrected chi connectivity index (χ1v) is 9.14. The second-order valence-electron chi connectivity index (χ2n) is 7.66. The van der Waals surface area contributed by atoms with Crippen LogP contribution in [0.5, 0.6) is 5.75 Å². The van der Waals surface area contributed by atoms with Crippen LogP contribution in [0.2, 0.25) is 0 Å². The highest BCUT2D eigenvalue weighted by Gasteiger charge is 2.28. The molecule has 3 rings (SSSR count). The van der Waals surface area contributed by atoms with Crippen LogP contribution in [0.1, 0.15) is 44.2 Å². The highest BCUT2D eigenvalue weighted by Crippen LogP contribution is 2.27. The van der Waals surface area contributed by atoms with Gasteiger partial charge in [-0.25, -0.2) is 4.79 Å². The van der Waals surface area contributed by atoms with Gasteiger partial charge in [-0.05, 0) is 57.9 Å². The van der Waals surface area contributed by atoms with E-state index in [0.29, 0.717) is 30.9 Å². The minimum atomic E-state index is -0.511. The molecule has 1 aliphatic rings. The summed E-state index contributed by atoms with van der Waals surface area (Å²) in [6, 6.07) is 10.9. The van der Waals surface area contributed by atoms with Gasteiger partial charge in [0.2, 0.25) is 0 Å². The lowest BCUT2D eigenvalue weighted by Crippen LogP contribution is -2.46. The number of hydrogen-bond donors (Lipinski definition) is 0. The number of likely N-dealkylation sites (tertiary alicyclic amines) is 1. The minimum absolute atomic E-state index is 0.0938. The highest BCUT2D eigenvalue weighted by atomic mass is 16.6. The van der Waals surface area contributed by atoms with E-state index in [9.17, 15) is 9.59 Å². The molecule has 1 atom stereocenters. The normalized spacial score (nSPS) is 17.4. The maximum Gasteiger partial charge on any atom is 0.410 e. The summed E-state index contributed by atoms with van der Waals surface area (Å²) in [6.45, 7) is 6.75. The molecule has 0 bridgehead atoms. The molecule has 0 saturated carbocycles.